The lowest BCUT2D eigenvalue weighted by atomic mass is 10.0. The summed E-state index contributed by atoms with van der Waals surface area (Å²) in [7, 11) is 1.68. The Kier molecular flexibility index (Phi) is 6.70. The minimum absolute atomic E-state index is 0.0331. The van der Waals surface area contributed by atoms with Gasteiger partial charge in [-0.3, -0.25) is 0 Å². The summed E-state index contributed by atoms with van der Waals surface area (Å²) in [5.41, 5.74) is 0.713. The average Bonchev–Trinajstić information content (AvgIpc) is 2.29. The predicted molar refractivity (Wildman–Crippen MR) is 71.6 cm³/mol. The monoisotopic (exact) mass is 303 g/mol. The minimum Gasteiger partial charge on any atom is -0.385 e. The molecule has 1 atom stereocenters. The molecule has 0 aliphatic carbocycles. The number of benzene rings is 1. The van der Waals surface area contributed by atoms with Crippen LogP contribution in [0, 0.1) is 5.82 Å². The number of hydrogen-bond donors (Lipinski definition) is 1. The van der Waals surface area contributed by atoms with Crippen molar-refractivity contribution in [1.29, 1.82) is 0 Å². The number of ether oxygens (including phenoxy) is 1. The summed E-state index contributed by atoms with van der Waals surface area (Å²) in [6, 6.07) is 5.12. The van der Waals surface area contributed by atoms with Crippen LogP contribution in [0.3, 0.4) is 0 Å². The number of rotatable bonds is 7. The Morgan fingerprint density at radius 2 is 2.24 bits per heavy atom. The summed E-state index contributed by atoms with van der Waals surface area (Å²) in [4.78, 5) is 0. The van der Waals surface area contributed by atoms with E-state index in [1.807, 2.05) is 13.0 Å². The second kappa shape index (κ2) is 7.80. The van der Waals surface area contributed by atoms with Gasteiger partial charge in [0.1, 0.15) is 5.82 Å². The van der Waals surface area contributed by atoms with Crippen LogP contribution >= 0.6 is 15.9 Å². The lowest BCUT2D eigenvalue weighted by molar-refractivity contribution is 0.188. The number of nitrogens with one attached hydrogen (secondary N) is 1. The molecule has 0 aliphatic heterocycles. The molecule has 1 unspecified atom stereocenters. The van der Waals surface area contributed by atoms with Gasteiger partial charge < -0.3 is 10.1 Å². The van der Waals surface area contributed by atoms with Gasteiger partial charge in [-0.25, -0.2) is 4.39 Å². The summed E-state index contributed by atoms with van der Waals surface area (Å²) in [5.74, 6) is -0.164. The van der Waals surface area contributed by atoms with Crippen LogP contribution in [0.2, 0.25) is 0 Å². The minimum atomic E-state index is -0.164. The van der Waals surface area contributed by atoms with Crippen LogP contribution < -0.4 is 5.32 Å². The highest BCUT2D eigenvalue weighted by Gasteiger charge is 2.17. The van der Waals surface area contributed by atoms with Gasteiger partial charge in [0.25, 0.3) is 0 Å². The van der Waals surface area contributed by atoms with Gasteiger partial charge in [-0.1, -0.05) is 28.9 Å². The maximum atomic E-state index is 13.8. The van der Waals surface area contributed by atoms with Gasteiger partial charge >= 0.3 is 0 Å². The van der Waals surface area contributed by atoms with Crippen LogP contribution in [-0.2, 0) is 4.74 Å². The van der Waals surface area contributed by atoms with Crippen LogP contribution in [0.25, 0.3) is 0 Å². The lowest BCUT2D eigenvalue weighted by Crippen LogP contribution is -2.22. The molecule has 0 heterocycles. The van der Waals surface area contributed by atoms with E-state index in [1.54, 1.807) is 13.2 Å². The Balaban J connectivity index is 2.81. The first-order chi connectivity index (χ1) is 8.20. The fraction of sp³-hybridized carbons (Fsp3) is 0.538. The van der Waals surface area contributed by atoms with Crippen LogP contribution in [-0.4, -0.2) is 20.3 Å². The molecule has 0 fully saturated rings. The molecule has 0 bridgehead atoms. The molecule has 1 N–H and O–H groups in total. The smallest absolute Gasteiger partial charge is 0.129 e. The Morgan fingerprint density at radius 1 is 1.47 bits per heavy atom. The first-order valence-corrected chi connectivity index (χ1v) is 6.66. The van der Waals surface area contributed by atoms with E-state index >= 15 is 0 Å². The number of hydrogen-bond acceptors (Lipinski definition) is 2. The second-order valence-electron chi connectivity index (χ2n) is 3.88. The van der Waals surface area contributed by atoms with Crippen molar-refractivity contribution in [2.75, 3.05) is 20.3 Å². The molecule has 17 heavy (non-hydrogen) atoms. The summed E-state index contributed by atoms with van der Waals surface area (Å²) in [5, 5.41) is 3.31. The predicted octanol–water partition coefficient (Wildman–Crippen LogP) is 3.67. The van der Waals surface area contributed by atoms with Gasteiger partial charge in [0.15, 0.2) is 0 Å². The highest BCUT2D eigenvalue weighted by atomic mass is 79.9. The molecule has 96 valence electrons. The van der Waals surface area contributed by atoms with E-state index in [4.69, 9.17) is 4.74 Å². The third-order valence-electron chi connectivity index (χ3n) is 2.64. The molecule has 4 heteroatoms. The van der Waals surface area contributed by atoms with Crippen molar-refractivity contribution in [3.8, 4) is 0 Å². The quantitative estimate of drug-likeness (QED) is 0.776. The van der Waals surface area contributed by atoms with Crippen molar-refractivity contribution in [3.05, 3.63) is 34.1 Å². The van der Waals surface area contributed by atoms with E-state index < -0.39 is 0 Å². The van der Waals surface area contributed by atoms with Gasteiger partial charge in [-0.05, 0) is 31.5 Å². The molecule has 2 nitrogen and oxygen atoms in total. The molecule has 1 aromatic carbocycles. The van der Waals surface area contributed by atoms with Crippen molar-refractivity contribution in [1.82, 2.24) is 5.32 Å². The molecule has 0 aliphatic rings. The van der Waals surface area contributed by atoms with Gasteiger partial charge in [0.05, 0.1) is 0 Å². The third kappa shape index (κ3) is 4.37. The van der Waals surface area contributed by atoms with E-state index in [-0.39, 0.29) is 11.9 Å². The number of methoxy groups -OCH3 is 1. The fourth-order valence-corrected chi connectivity index (χ4v) is 2.49. The Morgan fingerprint density at radius 3 is 2.82 bits per heavy atom. The van der Waals surface area contributed by atoms with Gasteiger partial charge in [0, 0.05) is 29.8 Å². The van der Waals surface area contributed by atoms with E-state index in [0.29, 0.717) is 12.2 Å². The molecule has 0 amide bonds. The third-order valence-corrected chi connectivity index (χ3v) is 3.33. The van der Waals surface area contributed by atoms with E-state index in [0.717, 1.165) is 23.9 Å². The lowest BCUT2D eigenvalue weighted by Gasteiger charge is -2.20. The van der Waals surface area contributed by atoms with Crippen molar-refractivity contribution in [2.45, 2.75) is 25.8 Å². The fourth-order valence-electron chi connectivity index (χ4n) is 1.87. The zero-order valence-electron chi connectivity index (χ0n) is 10.3. The summed E-state index contributed by atoms with van der Waals surface area (Å²) >= 11 is 3.42. The van der Waals surface area contributed by atoms with Crippen LogP contribution in [0.15, 0.2) is 22.7 Å². The molecule has 1 rings (SSSR count). The van der Waals surface area contributed by atoms with Crippen molar-refractivity contribution in [3.63, 3.8) is 0 Å². The van der Waals surface area contributed by atoms with E-state index in [9.17, 15) is 4.39 Å². The molecule has 0 aromatic heterocycles. The first-order valence-electron chi connectivity index (χ1n) is 5.87. The van der Waals surface area contributed by atoms with E-state index in [2.05, 4.69) is 21.2 Å². The van der Waals surface area contributed by atoms with Crippen molar-refractivity contribution in [2.24, 2.45) is 0 Å². The Bertz CT molecular complexity index is 326. The van der Waals surface area contributed by atoms with Crippen LogP contribution in [0.5, 0.6) is 0 Å². The number of halogens is 2. The second-order valence-corrected chi connectivity index (χ2v) is 4.73. The Hall–Kier alpha value is -0.450. The highest BCUT2D eigenvalue weighted by Crippen LogP contribution is 2.29. The molecule has 0 spiro atoms. The maximum absolute atomic E-state index is 13.8. The van der Waals surface area contributed by atoms with Gasteiger partial charge in [-0.15, -0.1) is 0 Å². The SMILES string of the molecule is CCNC(CCCOC)c1c(F)cccc1Br. The van der Waals surface area contributed by atoms with Gasteiger partial charge in [0.2, 0.25) is 0 Å². The molecule has 0 radical (unpaired) electrons. The largest absolute Gasteiger partial charge is 0.385 e. The normalized spacial score (nSPS) is 12.7. The molecule has 1 aromatic rings. The molecular weight excluding hydrogens is 285 g/mol. The molecule has 0 saturated heterocycles. The molecular formula is C13H19BrFNO. The van der Waals surface area contributed by atoms with E-state index in [1.165, 1.54) is 6.07 Å². The van der Waals surface area contributed by atoms with Gasteiger partial charge in [-0.2, -0.15) is 0 Å². The standard InChI is InChI=1S/C13H19BrFNO/c1-3-16-12(8-5-9-17-2)13-10(14)6-4-7-11(13)15/h4,6-7,12,16H,3,5,8-9H2,1-2H3. The van der Waals surface area contributed by atoms with Crippen LogP contribution in [0.1, 0.15) is 31.4 Å². The maximum Gasteiger partial charge on any atom is 0.129 e. The average molecular weight is 304 g/mol. The van der Waals surface area contributed by atoms with Crippen molar-refractivity contribution < 1.29 is 9.13 Å². The summed E-state index contributed by atoms with van der Waals surface area (Å²) in [6.07, 6.45) is 1.77. The molecule has 0 saturated carbocycles. The first kappa shape index (κ1) is 14.6. The zero-order valence-corrected chi connectivity index (χ0v) is 11.9. The summed E-state index contributed by atoms with van der Waals surface area (Å²) < 4.78 is 19.7. The topological polar surface area (TPSA) is 21.3 Å². The van der Waals surface area contributed by atoms with Crippen molar-refractivity contribution >= 4 is 15.9 Å². The summed E-state index contributed by atoms with van der Waals surface area (Å²) in [6.45, 7) is 3.55. The Labute approximate surface area is 111 Å². The highest BCUT2D eigenvalue weighted by molar-refractivity contribution is 9.10. The zero-order chi connectivity index (χ0) is 12.7. The van der Waals surface area contributed by atoms with Crippen LogP contribution in [0.4, 0.5) is 4.39 Å².